The van der Waals surface area contributed by atoms with Crippen molar-refractivity contribution in [1.82, 2.24) is 4.90 Å². The van der Waals surface area contributed by atoms with E-state index in [-0.39, 0.29) is 0 Å². The summed E-state index contributed by atoms with van der Waals surface area (Å²) in [6.07, 6.45) is 4.88. The van der Waals surface area contributed by atoms with E-state index in [4.69, 9.17) is 0 Å². The molecule has 2 aromatic rings. The highest BCUT2D eigenvalue weighted by Crippen LogP contribution is 2.34. The smallest absolute Gasteiger partial charge is 0.0361 e. The first-order valence-corrected chi connectivity index (χ1v) is 8.69. The molecule has 3 rings (SSSR count). The maximum absolute atomic E-state index is 2.54. The molecule has 0 bridgehead atoms. The topological polar surface area (TPSA) is 6.48 Å². The molecular weight excluding hydrogens is 280 g/mol. The highest BCUT2D eigenvalue weighted by molar-refractivity contribution is 5.46. The summed E-state index contributed by atoms with van der Waals surface area (Å²) in [7, 11) is 6.45. The summed E-state index contributed by atoms with van der Waals surface area (Å²) < 4.78 is 0. The van der Waals surface area contributed by atoms with Gasteiger partial charge in [-0.2, -0.15) is 0 Å². The molecule has 0 spiro atoms. The van der Waals surface area contributed by atoms with E-state index in [0.29, 0.717) is 6.04 Å². The van der Waals surface area contributed by atoms with E-state index in [1.165, 1.54) is 30.5 Å². The minimum atomic E-state index is 0.613. The molecule has 1 unspecified atom stereocenters. The summed E-state index contributed by atoms with van der Waals surface area (Å²) in [6.45, 7) is 1.16. The first-order chi connectivity index (χ1) is 11.1. The van der Waals surface area contributed by atoms with Gasteiger partial charge in [0.15, 0.2) is 0 Å². The fourth-order valence-corrected chi connectivity index (χ4v) is 3.64. The number of hydrogen-bond donors (Lipinski definition) is 0. The molecule has 122 valence electrons. The third-order valence-corrected chi connectivity index (χ3v) is 5.06. The zero-order valence-corrected chi connectivity index (χ0v) is 14.6. The molecule has 1 atom stereocenters. The molecule has 0 saturated heterocycles. The predicted molar refractivity (Wildman–Crippen MR) is 99.2 cm³/mol. The highest BCUT2D eigenvalue weighted by atomic mass is 15.1. The summed E-state index contributed by atoms with van der Waals surface area (Å²) in [5.41, 5.74) is 5.80. The largest absolute Gasteiger partial charge is 0.378 e. The molecule has 0 N–H and O–H groups in total. The zero-order valence-electron chi connectivity index (χ0n) is 14.6. The fourth-order valence-electron chi connectivity index (χ4n) is 3.64. The number of aryl methyl sites for hydroxylation is 2. The lowest BCUT2D eigenvalue weighted by Gasteiger charge is -2.25. The van der Waals surface area contributed by atoms with Gasteiger partial charge >= 0.3 is 0 Å². The SMILES string of the molecule is CN(C)c1ccc(CCCN(C)C2CCc3ccccc32)cc1. The number of anilines is 1. The molecule has 0 saturated carbocycles. The van der Waals surface area contributed by atoms with Gasteiger partial charge in [0.25, 0.3) is 0 Å². The predicted octanol–water partition coefficient (Wildman–Crippen LogP) is 4.30. The Hall–Kier alpha value is -1.80. The van der Waals surface area contributed by atoms with E-state index < -0.39 is 0 Å². The Bertz CT molecular complexity index is 631. The van der Waals surface area contributed by atoms with E-state index in [0.717, 1.165) is 13.0 Å². The Balaban J connectivity index is 1.51. The Morgan fingerprint density at radius 3 is 2.43 bits per heavy atom. The minimum absolute atomic E-state index is 0.613. The average molecular weight is 308 g/mol. The zero-order chi connectivity index (χ0) is 16.2. The molecule has 1 aliphatic rings. The molecule has 2 aromatic carbocycles. The van der Waals surface area contributed by atoms with Crippen LogP contribution in [0.25, 0.3) is 0 Å². The first-order valence-electron chi connectivity index (χ1n) is 8.69. The van der Waals surface area contributed by atoms with Crippen LogP contribution in [-0.4, -0.2) is 32.6 Å². The molecule has 0 heterocycles. The van der Waals surface area contributed by atoms with Gasteiger partial charge in [-0.05, 0) is 68.1 Å². The molecule has 0 amide bonds. The Kier molecular flexibility index (Phi) is 5.02. The molecule has 2 nitrogen and oxygen atoms in total. The first kappa shape index (κ1) is 16.1. The molecule has 0 fully saturated rings. The van der Waals surface area contributed by atoms with E-state index in [9.17, 15) is 0 Å². The third kappa shape index (κ3) is 3.76. The van der Waals surface area contributed by atoms with Gasteiger partial charge in [-0.25, -0.2) is 0 Å². The number of fused-ring (bicyclic) bond motifs is 1. The lowest BCUT2D eigenvalue weighted by Crippen LogP contribution is -2.24. The van der Waals surface area contributed by atoms with Crippen molar-refractivity contribution >= 4 is 5.69 Å². The second-order valence-electron chi connectivity index (χ2n) is 6.90. The van der Waals surface area contributed by atoms with Crippen molar-refractivity contribution in [2.45, 2.75) is 31.7 Å². The van der Waals surface area contributed by atoms with Gasteiger partial charge in [-0.1, -0.05) is 36.4 Å². The van der Waals surface area contributed by atoms with Crippen molar-refractivity contribution in [2.24, 2.45) is 0 Å². The Morgan fingerprint density at radius 2 is 1.70 bits per heavy atom. The summed E-state index contributed by atoms with van der Waals surface area (Å²) in [6, 6.07) is 18.5. The van der Waals surface area contributed by atoms with Crippen LogP contribution >= 0.6 is 0 Å². The lowest BCUT2D eigenvalue weighted by atomic mass is 10.1. The number of benzene rings is 2. The van der Waals surface area contributed by atoms with E-state index in [2.05, 4.69) is 79.5 Å². The number of rotatable bonds is 6. The van der Waals surface area contributed by atoms with Crippen LogP contribution in [0.2, 0.25) is 0 Å². The molecule has 23 heavy (non-hydrogen) atoms. The van der Waals surface area contributed by atoms with Crippen LogP contribution in [0.1, 0.15) is 35.6 Å². The van der Waals surface area contributed by atoms with Crippen molar-refractivity contribution in [3.63, 3.8) is 0 Å². The van der Waals surface area contributed by atoms with Crippen LogP contribution < -0.4 is 4.90 Å². The van der Waals surface area contributed by atoms with Gasteiger partial charge in [0.1, 0.15) is 0 Å². The highest BCUT2D eigenvalue weighted by Gasteiger charge is 2.24. The van der Waals surface area contributed by atoms with Gasteiger partial charge in [0.2, 0.25) is 0 Å². The van der Waals surface area contributed by atoms with Gasteiger partial charge < -0.3 is 4.90 Å². The number of nitrogens with zero attached hydrogens (tertiary/aromatic N) is 2. The van der Waals surface area contributed by atoms with Gasteiger partial charge in [-0.3, -0.25) is 4.90 Å². The van der Waals surface area contributed by atoms with Crippen molar-refractivity contribution in [2.75, 3.05) is 32.6 Å². The van der Waals surface area contributed by atoms with E-state index in [1.54, 1.807) is 11.1 Å². The molecule has 0 aliphatic heterocycles. The molecule has 1 aliphatic carbocycles. The quantitative estimate of drug-likeness (QED) is 0.785. The van der Waals surface area contributed by atoms with Crippen LogP contribution in [-0.2, 0) is 12.8 Å². The molecule has 0 radical (unpaired) electrons. The summed E-state index contributed by atoms with van der Waals surface area (Å²) in [4.78, 5) is 4.69. The van der Waals surface area contributed by atoms with Crippen molar-refractivity contribution in [3.05, 3.63) is 65.2 Å². The van der Waals surface area contributed by atoms with Crippen LogP contribution in [0.4, 0.5) is 5.69 Å². The second-order valence-corrected chi connectivity index (χ2v) is 6.90. The second kappa shape index (κ2) is 7.18. The third-order valence-electron chi connectivity index (χ3n) is 5.06. The monoisotopic (exact) mass is 308 g/mol. The van der Waals surface area contributed by atoms with Crippen molar-refractivity contribution < 1.29 is 0 Å². The summed E-state index contributed by atoms with van der Waals surface area (Å²) in [5.74, 6) is 0. The minimum Gasteiger partial charge on any atom is -0.378 e. The van der Waals surface area contributed by atoms with Gasteiger partial charge in [-0.15, -0.1) is 0 Å². The molecule has 0 aromatic heterocycles. The fraction of sp³-hybridized carbons (Fsp3) is 0.429. The summed E-state index contributed by atoms with van der Waals surface area (Å²) >= 11 is 0. The summed E-state index contributed by atoms with van der Waals surface area (Å²) in [5, 5.41) is 0. The molecular formula is C21H28N2. The van der Waals surface area contributed by atoms with Crippen molar-refractivity contribution in [1.29, 1.82) is 0 Å². The lowest BCUT2D eigenvalue weighted by molar-refractivity contribution is 0.241. The number of hydrogen-bond acceptors (Lipinski definition) is 2. The Morgan fingerprint density at radius 1 is 0.957 bits per heavy atom. The maximum Gasteiger partial charge on any atom is 0.0361 e. The maximum atomic E-state index is 2.54. The van der Waals surface area contributed by atoms with E-state index >= 15 is 0 Å². The molecule has 2 heteroatoms. The van der Waals surface area contributed by atoms with Gasteiger partial charge in [0.05, 0.1) is 0 Å². The van der Waals surface area contributed by atoms with Crippen LogP contribution in [0.3, 0.4) is 0 Å². The Labute approximate surface area is 140 Å². The van der Waals surface area contributed by atoms with Crippen LogP contribution in [0.5, 0.6) is 0 Å². The van der Waals surface area contributed by atoms with Gasteiger partial charge in [0, 0.05) is 25.8 Å². The van der Waals surface area contributed by atoms with Crippen molar-refractivity contribution in [3.8, 4) is 0 Å². The normalized spacial score (nSPS) is 16.6. The average Bonchev–Trinajstić information content (AvgIpc) is 2.99. The van der Waals surface area contributed by atoms with E-state index in [1.807, 2.05) is 0 Å². The standard InChI is InChI=1S/C21H28N2/c1-22(2)19-13-10-17(11-14-19)7-6-16-23(3)21-15-12-18-8-4-5-9-20(18)21/h4-5,8-11,13-14,21H,6-7,12,15-16H2,1-3H3. The van der Waals surface area contributed by atoms with Crippen LogP contribution in [0.15, 0.2) is 48.5 Å². The van der Waals surface area contributed by atoms with Crippen LogP contribution in [0, 0.1) is 0 Å².